The summed E-state index contributed by atoms with van der Waals surface area (Å²) >= 11 is 1.97. The predicted octanol–water partition coefficient (Wildman–Crippen LogP) is 2.15. The van der Waals surface area contributed by atoms with Crippen molar-refractivity contribution in [3.05, 3.63) is 0 Å². The van der Waals surface area contributed by atoms with E-state index in [0.717, 1.165) is 11.0 Å². The summed E-state index contributed by atoms with van der Waals surface area (Å²) in [6.07, 6.45) is 9.20. The fourth-order valence-corrected chi connectivity index (χ4v) is 4.00. The topological polar surface area (TPSA) is 46.2 Å². The molecule has 0 heterocycles. The molecule has 0 amide bonds. The SMILES string of the molecule is NCC(O)(CSC1CCCCC1)C1CC1. The summed E-state index contributed by atoms with van der Waals surface area (Å²) in [6.45, 7) is 0.442. The molecule has 3 N–H and O–H groups in total. The van der Waals surface area contributed by atoms with Gasteiger partial charge in [0.1, 0.15) is 0 Å². The molecule has 1 atom stereocenters. The van der Waals surface area contributed by atoms with Crippen LogP contribution in [0.25, 0.3) is 0 Å². The van der Waals surface area contributed by atoms with Crippen molar-refractivity contribution in [2.75, 3.05) is 12.3 Å². The van der Waals surface area contributed by atoms with Gasteiger partial charge in [0, 0.05) is 17.5 Å². The van der Waals surface area contributed by atoms with E-state index in [1.165, 1.54) is 44.9 Å². The molecule has 0 aromatic rings. The molecule has 0 aliphatic heterocycles. The zero-order chi connectivity index (χ0) is 10.7. The molecule has 0 aromatic heterocycles. The lowest BCUT2D eigenvalue weighted by Gasteiger charge is -2.29. The van der Waals surface area contributed by atoms with E-state index in [2.05, 4.69) is 0 Å². The zero-order valence-electron chi connectivity index (χ0n) is 9.45. The molecule has 2 nitrogen and oxygen atoms in total. The monoisotopic (exact) mass is 229 g/mol. The van der Waals surface area contributed by atoms with Gasteiger partial charge in [0.2, 0.25) is 0 Å². The Balaban J connectivity index is 1.74. The van der Waals surface area contributed by atoms with E-state index in [1.807, 2.05) is 11.8 Å². The van der Waals surface area contributed by atoms with Crippen LogP contribution in [-0.2, 0) is 0 Å². The van der Waals surface area contributed by atoms with Gasteiger partial charge in [0.15, 0.2) is 0 Å². The number of hydrogen-bond donors (Lipinski definition) is 2. The minimum absolute atomic E-state index is 0.442. The first-order chi connectivity index (χ1) is 7.24. The molecule has 2 saturated carbocycles. The van der Waals surface area contributed by atoms with Crippen LogP contribution in [0.5, 0.6) is 0 Å². The summed E-state index contributed by atoms with van der Waals surface area (Å²) in [5.41, 5.74) is 5.15. The van der Waals surface area contributed by atoms with Gasteiger partial charge in [-0.05, 0) is 31.6 Å². The second-order valence-corrected chi connectivity index (χ2v) is 6.44. The molecule has 0 radical (unpaired) electrons. The van der Waals surface area contributed by atoms with E-state index in [4.69, 9.17) is 5.73 Å². The third-order valence-corrected chi connectivity index (χ3v) is 5.42. The average Bonchev–Trinajstić information content (AvgIpc) is 3.11. The Morgan fingerprint density at radius 1 is 1.13 bits per heavy atom. The lowest BCUT2D eigenvalue weighted by atomic mass is 10.0. The van der Waals surface area contributed by atoms with E-state index in [0.29, 0.717) is 12.5 Å². The standard InChI is InChI=1S/C12H23NOS/c13-8-12(14,10-6-7-10)9-15-11-4-2-1-3-5-11/h10-11,14H,1-9,13H2. The molecule has 15 heavy (non-hydrogen) atoms. The van der Waals surface area contributed by atoms with Crippen molar-refractivity contribution in [3.8, 4) is 0 Å². The second kappa shape index (κ2) is 5.07. The van der Waals surface area contributed by atoms with Crippen LogP contribution in [0.2, 0.25) is 0 Å². The predicted molar refractivity (Wildman–Crippen MR) is 66.1 cm³/mol. The van der Waals surface area contributed by atoms with Gasteiger partial charge >= 0.3 is 0 Å². The quantitative estimate of drug-likeness (QED) is 0.759. The maximum absolute atomic E-state index is 10.3. The summed E-state index contributed by atoms with van der Waals surface area (Å²) in [7, 11) is 0. The highest BCUT2D eigenvalue weighted by atomic mass is 32.2. The van der Waals surface area contributed by atoms with Crippen LogP contribution in [0.15, 0.2) is 0 Å². The highest BCUT2D eigenvalue weighted by Gasteiger charge is 2.42. The largest absolute Gasteiger partial charge is 0.387 e. The van der Waals surface area contributed by atoms with Gasteiger partial charge in [-0.15, -0.1) is 0 Å². The van der Waals surface area contributed by atoms with Gasteiger partial charge in [0.05, 0.1) is 5.60 Å². The van der Waals surface area contributed by atoms with E-state index >= 15 is 0 Å². The van der Waals surface area contributed by atoms with Gasteiger partial charge < -0.3 is 10.8 Å². The van der Waals surface area contributed by atoms with Crippen molar-refractivity contribution in [2.45, 2.75) is 55.8 Å². The Labute approximate surface area is 97.0 Å². The first-order valence-corrected chi connectivity index (χ1v) is 7.33. The Kier molecular flexibility index (Phi) is 3.97. The minimum atomic E-state index is -0.553. The molecule has 2 aliphatic rings. The van der Waals surface area contributed by atoms with Crippen LogP contribution in [0, 0.1) is 5.92 Å². The van der Waals surface area contributed by atoms with Crippen molar-refractivity contribution in [1.82, 2.24) is 0 Å². The molecule has 0 bridgehead atoms. The maximum Gasteiger partial charge on any atom is 0.0887 e. The van der Waals surface area contributed by atoms with Crippen molar-refractivity contribution >= 4 is 11.8 Å². The molecular formula is C12H23NOS. The highest BCUT2D eigenvalue weighted by Crippen LogP contribution is 2.42. The first-order valence-electron chi connectivity index (χ1n) is 6.29. The minimum Gasteiger partial charge on any atom is -0.387 e. The summed E-state index contributed by atoms with van der Waals surface area (Å²) in [4.78, 5) is 0. The van der Waals surface area contributed by atoms with E-state index < -0.39 is 5.60 Å². The Morgan fingerprint density at radius 3 is 2.33 bits per heavy atom. The smallest absolute Gasteiger partial charge is 0.0887 e. The van der Waals surface area contributed by atoms with Gasteiger partial charge in [-0.25, -0.2) is 0 Å². The van der Waals surface area contributed by atoms with Crippen molar-refractivity contribution in [2.24, 2.45) is 11.7 Å². The van der Waals surface area contributed by atoms with Crippen LogP contribution in [0.1, 0.15) is 44.9 Å². The van der Waals surface area contributed by atoms with E-state index in [1.54, 1.807) is 0 Å². The molecule has 2 aliphatic carbocycles. The summed E-state index contributed by atoms with van der Waals surface area (Å²) < 4.78 is 0. The van der Waals surface area contributed by atoms with Crippen LogP contribution in [-0.4, -0.2) is 28.3 Å². The van der Waals surface area contributed by atoms with Crippen molar-refractivity contribution < 1.29 is 5.11 Å². The maximum atomic E-state index is 10.3. The number of nitrogens with two attached hydrogens (primary N) is 1. The van der Waals surface area contributed by atoms with Crippen molar-refractivity contribution in [3.63, 3.8) is 0 Å². The second-order valence-electron chi connectivity index (χ2n) is 5.15. The summed E-state index contributed by atoms with van der Waals surface area (Å²) in [6, 6.07) is 0. The number of thioether (sulfide) groups is 1. The Morgan fingerprint density at radius 2 is 1.80 bits per heavy atom. The first kappa shape index (κ1) is 11.7. The van der Waals surface area contributed by atoms with Crippen molar-refractivity contribution in [1.29, 1.82) is 0 Å². The molecule has 2 fully saturated rings. The number of rotatable bonds is 5. The van der Waals surface area contributed by atoms with Gasteiger partial charge in [-0.3, -0.25) is 0 Å². The fraction of sp³-hybridized carbons (Fsp3) is 1.00. The average molecular weight is 229 g/mol. The molecule has 0 saturated heterocycles. The van der Waals surface area contributed by atoms with Gasteiger partial charge in [-0.1, -0.05) is 19.3 Å². The van der Waals surface area contributed by atoms with Crippen LogP contribution < -0.4 is 5.73 Å². The Hall–Kier alpha value is 0.270. The molecule has 2 rings (SSSR count). The summed E-state index contributed by atoms with van der Waals surface area (Å²) in [5.74, 6) is 1.36. The Bertz CT molecular complexity index is 202. The normalized spacial score (nSPS) is 27.6. The molecule has 88 valence electrons. The molecule has 3 heteroatoms. The molecule has 0 aromatic carbocycles. The van der Waals surface area contributed by atoms with Crippen LogP contribution in [0.3, 0.4) is 0 Å². The lowest BCUT2D eigenvalue weighted by Crippen LogP contribution is -2.43. The van der Waals surface area contributed by atoms with Gasteiger partial charge in [0.25, 0.3) is 0 Å². The molecule has 0 spiro atoms. The van der Waals surface area contributed by atoms with E-state index in [9.17, 15) is 5.11 Å². The summed E-state index contributed by atoms with van der Waals surface area (Å²) in [5, 5.41) is 11.1. The van der Waals surface area contributed by atoms with E-state index in [-0.39, 0.29) is 0 Å². The third kappa shape index (κ3) is 3.11. The van der Waals surface area contributed by atoms with Crippen LogP contribution in [0.4, 0.5) is 0 Å². The lowest BCUT2D eigenvalue weighted by molar-refractivity contribution is 0.0508. The number of aliphatic hydroxyl groups is 1. The number of hydrogen-bond acceptors (Lipinski definition) is 3. The zero-order valence-corrected chi connectivity index (χ0v) is 10.3. The molecule has 1 unspecified atom stereocenters. The molecular weight excluding hydrogens is 206 g/mol. The third-order valence-electron chi connectivity index (χ3n) is 3.81. The fourth-order valence-electron chi connectivity index (χ4n) is 2.46. The van der Waals surface area contributed by atoms with Crippen LogP contribution >= 0.6 is 11.8 Å². The highest BCUT2D eigenvalue weighted by molar-refractivity contribution is 7.99. The van der Waals surface area contributed by atoms with Gasteiger partial charge in [-0.2, -0.15) is 11.8 Å².